The molecule has 2 aromatic rings. The van der Waals surface area contributed by atoms with Gasteiger partial charge in [0.1, 0.15) is 0 Å². The Kier molecular flexibility index (Phi) is 5.54. The molecule has 2 rings (SSSR count). The average molecular weight is 329 g/mol. The third kappa shape index (κ3) is 4.94. The first-order chi connectivity index (χ1) is 11.1. The zero-order valence-corrected chi connectivity index (χ0v) is 15.9. The van der Waals surface area contributed by atoms with Gasteiger partial charge >= 0.3 is 0 Å². The summed E-state index contributed by atoms with van der Waals surface area (Å²) in [6.45, 7) is 14.7. The van der Waals surface area contributed by atoms with Gasteiger partial charge in [0.2, 0.25) is 0 Å². The summed E-state index contributed by atoms with van der Waals surface area (Å²) in [5.74, 6) is 0. The zero-order valence-electron chi connectivity index (χ0n) is 15.9. The van der Waals surface area contributed by atoms with Crippen molar-refractivity contribution in [3.05, 3.63) is 47.8 Å². The third-order valence-corrected chi connectivity index (χ3v) is 4.20. The van der Waals surface area contributed by atoms with Crippen LogP contribution < -0.4 is 0 Å². The number of rotatable bonds is 7. The van der Waals surface area contributed by atoms with Crippen LogP contribution in [-0.4, -0.2) is 14.7 Å². The number of nitrogens with zero attached hydrogens (tertiary/aromatic N) is 2. The maximum Gasteiger partial charge on any atom is 0.0879 e. The molecular formula is C21H32N2O. The molecule has 0 aliphatic carbocycles. The summed E-state index contributed by atoms with van der Waals surface area (Å²) in [6.07, 6.45) is 7.17. The molecule has 0 bridgehead atoms. The molecule has 3 heteroatoms. The van der Waals surface area contributed by atoms with E-state index in [1.807, 2.05) is 42.8 Å². The van der Waals surface area contributed by atoms with Crippen molar-refractivity contribution in [1.82, 2.24) is 9.61 Å². The van der Waals surface area contributed by atoms with E-state index in [1.165, 1.54) is 5.57 Å². The van der Waals surface area contributed by atoms with Gasteiger partial charge in [-0.2, -0.15) is 5.10 Å². The Hall–Kier alpha value is -1.61. The van der Waals surface area contributed by atoms with Crippen LogP contribution in [0.1, 0.15) is 71.6 Å². The Labute approximate surface area is 146 Å². The molecule has 1 N–H and O–H groups in total. The van der Waals surface area contributed by atoms with Gasteiger partial charge in [-0.05, 0) is 63.5 Å². The maximum absolute atomic E-state index is 10.6. The van der Waals surface area contributed by atoms with E-state index >= 15 is 0 Å². The predicted molar refractivity (Wildman–Crippen MR) is 101 cm³/mol. The van der Waals surface area contributed by atoms with Crippen LogP contribution in [0.25, 0.3) is 5.52 Å². The number of fused-ring (bicyclic) bond motifs is 1. The molecule has 2 aromatic heterocycles. The fourth-order valence-electron chi connectivity index (χ4n) is 3.39. The first-order valence-corrected chi connectivity index (χ1v) is 8.94. The molecule has 0 spiro atoms. The number of allylic oxidation sites excluding steroid dienone is 1. The molecular weight excluding hydrogens is 296 g/mol. The van der Waals surface area contributed by atoms with Gasteiger partial charge in [-0.25, -0.2) is 4.52 Å². The van der Waals surface area contributed by atoms with Crippen molar-refractivity contribution in [2.45, 2.75) is 72.3 Å². The quantitative estimate of drug-likeness (QED) is 0.555. The van der Waals surface area contributed by atoms with Gasteiger partial charge in [-0.3, -0.25) is 0 Å². The summed E-state index contributed by atoms with van der Waals surface area (Å²) in [5, 5.41) is 15.3. The molecule has 3 nitrogen and oxygen atoms in total. The molecule has 0 saturated carbocycles. The molecule has 0 fully saturated rings. The second kappa shape index (κ2) is 7.10. The zero-order chi connectivity index (χ0) is 18.0. The van der Waals surface area contributed by atoms with E-state index in [1.54, 1.807) is 0 Å². The number of aliphatic hydroxyl groups is 1. The Morgan fingerprint density at radius 1 is 1.17 bits per heavy atom. The molecule has 2 heterocycles. The van der Waals surface area contributed by atoms with Crippen LogP contribution in [0.2, 0.25) is 0 Å². The van der Waals surface area contributed by atoms with Gasteiger partial charge in [0.05, 0.1) is 16.8 Å². The van der Waals surface area contributed by atoms with Crippen LogP contribution in [-0.2, 0) is 12.0 Å². The summed E-state index contributed by atoms with van der Waals surface area (Å²) in [4.78, 5) is 0. The van der Waals surface area contributed by atoms with E-state index in [2.05, 4.69) is 32.4 Å². The minimum atomic E-state index is -0.881. The number of aryl methyl sites for hydroxylation is 1. The highest BCUT2D eigenvalue weighted by Gasteiger charge is 2.25. The minimum Gasteiger partial charge on any atom is -0.386 e. The van der Waals surface area contributed by atoms with E-state index in [0.717, 1.165) is 48.9 Å². The van der Waals surface area contributed by atoms with Crippen LogP contribution in [0.4, 0.5) is 0 Å². The third-order valence-electron chi connectivity index (χ3n) is 4.20. The molecule has 0 amide bonds. The first kappa shape index (κ1) is 18.7. The van der Waals surface area contributed by atoms with Crippen molar-refractivity contribution in [3.63, 3.8) is 0 Å². The molecule has 132 valence electrons. The number of pyridine rings is 1. The Bertz CT molecular complexity index is 699. The van der Waals surface area contributed by atoms with E-state index in [4.69, 9.17) is 0 Å². The lowest BCUT2D eigenvalue weighted by molar-refractivity contribution is 0.0791. The SMILES string of the molecule is C=C(CCCCc1nn2ccccc2c1C(C)(C)O)CC(C)(C)C. The Balaban J connectivity index is 2.02. The fraction of sp³-hybridized carbons (Fsp3) is 0.571. The van der Waals surface area contributed by atoms with Crippen LogP contribution in [0.3, 0.4) is 0 Å². The smallest absolute Gasteiger partial charge is 0.0879 e. The topological polar surface area (TPSA) is 37.5 Å². The van der Waals surface area contributed by atoms with Gasteiger partial charge in [0, 0.05) is 11.8 Å². The highest BCUT2D eigenvalue weighted by atomic mass is 16.3. The molecule has 0 aliphatic heterocycles. The normalized spacial score (nSPS) is 12.8. The summed E-state index contributed by atoms with van der Waals surface area (Å²) in [6, 6.07) is 5.98. The number of hydrogen-bond donors (Lipinski definition) is 1. The van der Waals surface area contributed by atoms with Crippen LogP contribution in [0.5, 0.6) is 0 Å². The van der Waals surface area contributed by atoms with E-state index in [9.17, 15) is 5.11 Å². The molecule has 0 aromatic carbocycles. The molecule has 0 aliphatic rings. The maximum atomic E-state index is 10.6. The van der Waals surface area contributed by atoms with Crippen LogP contribution in [0, 0.1) is 5.41 Å². The van der Waals surface area contributed by atoms with Gasteiger partial charge in [-0.1, -0.05) is 39.0 Å². The lowest BCUT2D eigenvalue weighted by atomic mass is 9.86. The van der Waals surface area contributed by atoms with Crippen molar-refractivity contribution in [2.75, 3.05) is 0 Å². The molecule has 0 unspecified atom stereocenters. The lowest BCUT2D eigenvalue weighted by Crippen LogP contribution is -2.17. The minimum absolute atomic E-state index is 0.312. The van der Waals surface area contributed by atoms with Crippen molar-refractivity contribution in [2.24, 2.45) is 5.41 Å². The largest absolute Gasteiger partial charge is 0.386 e. The Morgan fingerprint density at radius 2 is 1.88 bits per heavy atom. The van der Waals surface area contributed by atoms with Gasteiger partial charge in [0.25, 0.3) is 0 Å². The van der Waals surface area contributed by atoms with Gasteiger partial charge in [0.15, 0.2) is 0 Å². The second-order valence-corrected chi connectivity index (χ2v) is 8.61. The highest BCUT2D eigenvalue weighted by molar-refractivity contribution is 5.58. The van der Waals surface area contributed by atoms with Crippen molar-refractivity contribution < 1.29 is 5.11 Å². The van der Waals surface area contributed by atoms with Gasteiger partial charge in [-0.15, -0.1) is 0 Å². The molecule has 24 heavy (non-hydrogen) atoms. The molecule has 0 saturated heterocycles. The van der Waals surface area contributed by atoms with E-state index < -0.39 is 5.60 Å². The predicted octanol–water partition coefficient (Wildman–Crippen LogP) is 5.27. The highest BCUT2D eigenvalue weighted by Crippen LogP contribution is 2.30. The summed E-state index contributed by atoms with van der Waals surface area (Å²) >= 11 is 0. The van der Waals surface area contributed by atoms with E-state index in [0.29, 0.717) is 5.41 Å². The van der Waals surface area contributed by atoms with Crippen molar-refractivity contribution >= 4 is 5.52 Å². The monoisotopic (exact) mass is 328 g/mol. The average Bonchev–Trinajstić information content (AvgIpc) is 2.79. The van der Waals surface area contributed by atoms with Crippen LogP contribution in [0.15, 0.2) is 36.5 Å². The number of unbranched alkanes of at least 4 members (excludes halogenated alkanes) is 1. The van der Waals surface area contributed by atoms with Crippen molar-refractivity contribution in [3.8, 4) is 0 Å². The van der Waals surface area contributed by atoms with Gasteiger partial charge < -0.3 is 5.11 Å². The molecule has 0 atom stereocenters. The Morgan fingerprint density at radius 3 is 2.50 bits per heavy atom. The summed E-state index contributed by atoms with van der Waals surface area (Å²) < 4.78 is 1.88. The number of aromatic nitrogens is 2. The molecule has 0 radical (unpaired) electrons. The summed E-state index contributed by atoms with van der Waals surface area (Å²) in [5.41, 5.74) is 3.73. The van der Waals surface area contributed by atoms with Crippen LogP contribution >= 0.6 is 0 Å². The lowest BCUT2D eigenvalue weighted by Gasteiger charge is -2.20. The van der Waals surface area contributed by atoms with E-state index in [-0.39, 0.29) is 0 Å². The fourth-order valence-corrected chi connectivity index (χ4v) is 3.39. The standard InChI is InChI=1S/C21H32N2O/c1-16(15-20(2,3)4)11-7-8-12-17-19(21(5,6)24)18-13-9-10-14-23(18)22-17/h9-10,13-14,24H,1,7-8,11-12,15H2,2-6H3. The first-order valence-electron chi connectivity index (χ1n) is 8.94. The number of hydrogen-bond acceptors (Lipinski definition) is 2. The second-order valence-electron chi connectivity index (χ2n) is 8.61. The van der Waals surface area contributed by atoms with Crippen molar-refractivity contribution in [1.29, 1.82) is 0 Å². The summed E-state index contributed by atoms with van der Waals surface area (Å²) in [7, 11) is 0.